The second-order valence-electron chi connectivity index (χ2n) is 20.5. The predicted molar refractivity (Wildman–Crippen MR) is 276 cm³/mol. The molecule has 5 rings (SSSR count). The largest absolute Gasteiger partial charge is 0.490 e. The molecule has 0 unspecified atom stereocenters. The molecule has 0 atom stereocenters. The number of fused-ring (bicyclic) bond motifs is 6. The van der Waals surface area contributed by atoms with Crippen LogP contribution < -0.4 is 28.4 Å². The molecule has 4 aromatic carbocycles. The number of hydroxylamine groups is 2. The lowest BCUT2D eigenvalue weighted by Gasteiger charge is -2.49. The van der Waals surface area contributed by atoms with E-state index in [0.29, 0.717) is 63.1 Å². The SMILES string of the molecule is CCCCCCOc1cc2c3cc(OCCCCCC)c(OCCCCCC)cc3c3cc(OC(=O)C4CC(C)(C)N([O])C(C)(C)C4)c(OCCCCCC)cc3c2cc1OCCCCCC. The van der Waals surface area contributed by atoms with Crippen molar-refractivity contribution in [3.63, 3.8) is 0 Å². The molecule has 67 heavy (non-hydrogen) atoms. The minimum atomic E-state index is -0.723. The first-order valence-corrected chi connectivity index (χ1v) is 26.8. The van der Waals surface area contributed by atoms with Crippen LogP contribution in [0.5, 0.6) is 34.5 Å². The number of benzene rings is 4. The van der Waals surface area contributed by atoms with Gasteiger partial charge >= 0.3 is 5.97 Å². The quantitative estimate of drug-likeness (QED) is 0.0207. The van der Waals surface area contributed by atoms with Crippen LogP contribution in [0.2, 0.25) is 0 Å². The molecule has 4 aromatic rings. The summed E-state index contributed by atoms with van der Waals surface area (Å²) in [4.78, 5) is 14.4. The van der Waals surface area contributed by atoms with E-state index in [0.717, 1.165) is 157 Å². The highest BCUT2D eigenvalue weighted by Crippen LogP contribution is 2.48. The van der Waals surface area contributed by atoms with Gasteiger partial charge in [-0.3, -0.25) is 4.79 Å². The lowest BCUT2D eigenvalue weighted by molar-refractivity contribution is -0.293. The molecule has 0 aliphatic carbocycles. The van der Waals surface area contributed by atoms with Gasteiger partial charge < -0.3 is 28.4 Å². The Kier molecular flexibility index (Phi) is 22.0. The van der Waals surface area contributed by atoms with Gasteiger partial charge in [0, 0.05) is 11.1 Å². The Bertz CT molecular complexity index is 2060. The van der Waals surface area contributed by atoms with Gasteiger partial charge in [0.05, 0.1) is 39.0 Å². The van der Waals surface area contributed by atoms with E-state index in [2.05, 4.69) is 65.0 Å². The fraction of sp³-hybridized carbons (Fsp3) is 0.672. The molecule has 373 valence electrons. The van der Waals surface area contributed by atoms with Crippen LogP contribution in [-0.2, 0) is 10.0 Å². The summed E-state index contributed by atoms with van der Waals surface area (Å²) in [6.07, 6.45) is 22.6. The first kappa shape index (κ1) is 54.0. The van der Waals surface area contributed by atoms with Crippen LogP contribution in [0, 0.1) is 5.92 Å². The highest BCUT2D eigenvalue weighted by molar-refractivity contribution is 6.27. The van der Waals surface area contributed by atoms with Crippen LogP contribution in [0.15, 0.2) is 36.4 Å². The van der Waals surface area contributed by atoms with Crippen LogP contribution >= 0.6 is 0 Å². The minimum Gasteiger partial charge on any atom is -0.490 e. The zero-order valence-corrected chi connectivity index (χ0v) is 43.3. The van der Waals surface area contributed by atoms with E-state index in [1.54, 1.807) is 0 Å². The van der Waals surface area contributed by atoms with Crippen molar-refractivity contribution >= 4 is 38.3 Å². The number of piperidine rings is 1. The van der Waals surface area contributed by atoms with Crippen LogP contribution in [0.25, 0.3) is 32.3 Å². The first-order chi connectivity index (χ1) is 32.4. The lowest BCUT2D eigenvalue weighted by Crippen LogP contribution is -2.59. The summed E-state index contributed by atoms with van der Waals surface area (Å²) in [7, 11) is 0. The molecule has 0 amide bonds. The number of ether oxygens (including phenoxy) is 6. The van der Waals surface area contributed by atoms with E-state index in [-0.39, 0.29) is 5.97 Å². The summed E-state index contributed by atoms with van der Waals surface area (Å²) in [6, 6.07) is 12.7. The zero-order chi connectivity index (χ0) is 48.2. The fourth-order valence-corrected chi connectivity index (χ4v) is 9.84. The molecular weight excluding hydrogens is 839 g/mol. The van der Waals surface area contributed by atoms with Crippen LogP contribution in [-0.4, -0.2) is 55.1 Å². The van der Waals surface area contributed by atoms with Crippen molar-refractivity contribution in [3.8, 4) is 34.5 Å². The summed E-state index contributed by atoms with van der Waals surface area (Å²) in [5, 5.41) is 20.3. The molecule has 9 nitrogen and oxygen atoms in total. The average molecular weight is 927 g/mol. The van der Waals surface area contributed by atoms with Gasteiger partial charge in [0.15, 0.2) is 34.5 Å². The topological polar surface area (TPSA) is 95.6 Å². The van der Waals surface area contributed by atoms with Gasteiger partial charge in [0.2, 0.25) is 0 Å². The van der Waals surface area contributed by atoms with E-state index in [9.17, 15) is 10.0 Å². The number of nitrogens with zero attached hydrogens (tertiary/aromatic N) is 1. The van der Waals surface area contributed by atoms with Crippen molar-refractivity contribution in [2.45, 2.75) is 215 Å². The average Bonchev–Trinajstić information content (AvgIpc) is 3.30. The summed E-state index contributed by atoms with van der Waals surface area (Å²) in [5.41, 5.74) is -1.45. The van der Waals surface area contributed by atoms with Crippen molar-refractivity contribution in [2.75, 3.05) is 33.0 Å². The Morgan fingerprint density at radius 2 is 0.657 bits per heavy atom. The van der Waals surface area contributed by atoms with Gasteiger partial charge in [0.25, 0.3) is 0 Å². The molecule has 1 radical (unpaired) electrons. The van der Waals surface area contributed by atoms with Crippen molar-refractivity contribution in [2.24, 2.45) is 5.92 Å². The molecule has 0 N–H and O–H groups in total. The monoisotopic (exact) mass is 927 g/mol. The molecule has 1 saturated heterocycles. The summed E-state index contributed by atoms with van der Waals surface area (Å²) in [5.74, 6) is 3.01. The Hall–Kier alpha value is -3.95. The fourth-order valence-electron chi connectivity index (χ4n) is 9.84. The molecule has 1 aliphatic heterocycles. The van der Waals surface area contributed by atoms with Crippen LogP contribution in [0.4, 0.5) is 0 Å². The third-order valence-corrected chi connectivity index (χ3v) is 13.5. The Balaban J connectivity index is 1.75. The Labute approximate surface area is 404 Å². The molecule has 1 heterocycles. The van der Waals surface area contributed by atoms with E-state index >= 15 is 0 Å². The number of carbonyl (C=O) groups excluding carboxylic acids is 1. The minimum absolute atomic E-state index is 0.344. The molecule has 1 fully saturated rings. The van der Waals surface area contributed by atoms with Gasteiger partial charge in [-0.1, -0.05) is 131 Å². The molecule has 0 saturated carbocycles. The molecule has 9 heteroatoms. The number of rotatable bonds is 32. The highest BCUT2D eigenvalue weighted by atomic mass is 16.6. The molecule has 0 bridgehead atoms. The van der Waals surface area contributed by atoms with E-state index in [1.807, 2.05) is 33.8 Å². The smallest absolute Gasteiger partial charge is 0.314 e. The lowest BCUT2D eigenvalue weighted by atomic mass is 9.75. The Morgan fingerprint density at radius 3 is 0.910 bits per heavy atom. The molecule has 0 spiro atoms. The molecular formula is C58H88NO8. The first-order valence-electron chi connectivity index (χ1n) is 26.8. The summed E-state index contributed by atoms with van der Waals surface area (Å²) >= 11 is 0. The Morgan fingerprint density at radius 1 is 0.418 bits per heavy atom. The maximum Gasteiger partial charge on any atom is 0.314 e. The number of carbonyl (C=O) groups is 1. The second-order valence-corrected chi connectivity index (χ2v) is 20.5. The molecule has 1 aliphatic rings. The summed E-state index contributed by atoms with van der Waals surface area (Å²) < 4.78 is 39.8. The normalized spacial score (nSPS) is 15.1. The number of esters is 1. The maximum atomic E-state index is 14.4. The number of hydrogen-bond acceptors (Lipinski definition) is 8. The van der Waals surface area contributed by atoms with Crippen molar-refractivity contribution < 1.29 is 38.4 Å². The van der Waals surface area contributed by atoms with Crippen LogP contribution in [0.3, 0.4) is 0 Å². The van der Waals surface area contributed by atoms with Gasteiger partial charge in [0.1, 0.15) is 0 Å². The van der Waals surface area contributed by atoms with Crippen molar-refractivity contribution in [1.29, 1.82) is 0 Å². The van der Waals surface area contributed by atoms with Crippen LogP contribution in [0.1, 0.15) is 204 Å². The van der Waals surface area contributed by atoms with Gasteiger partial charge in [-0.25, -0.2) is 0 Å². The number of hydrogen-bond donors (Lipinski definition) is 0. The highest BCUT2D eigenvalue weighted by Gasteiger charge is 2.48. The second kappa shape index (κ2) is 27.3. The third kappa shape index (κ3) is 15.3. The van der Waals surface area contributed by atoms with Crippen molar-refractivity contribution in [3.05, 3.63) is 36.4 Å². The molecule has 0 aromatic heterocycles. The predicted octanol–water partition coefficient (Wildman–Crippen LogP) is 16.5. The van der Waals surface area contributed by atoms with E-state index < -0.39 is 17.0 Å². The zero-order valence-electron chi connectivity index (χ0n) is 43.3. The standard InChI is InChI=1S/C58H88NO8/c1-10-15-20-25-30-62-50-35-44-45-36-51(63-31-26-21-16-11-2)53(65-33-28-23-18-13-4)38-47(45)49-40-55(67-56(60)43-41-57(6,7)59(61)58(8,9)42-43)54(66-34-29-24-19-14-5)39-48(49)46(44)37-52(50)64-32-27-22-17-12-3/h35-40,43H,10-34,41-42H2,1-9H3. The van der Waals surface area contributed by atoms with E-state index in [4.69, 9.17) is 28.4 Å². The van der Waals surface area contributed by atoms with E-state index in [1.165, 1.54) is 25.7 Å². The van der Waals surface area contributed by atoms with Gasteiger partial charge in [-0.2, -0.15) is 0 Å². The number of unbranched alkanes of at least 4 members (excludes halogenated alkanes) is 15. The maximum absolute atomic E-state index is 14.4. The van der Waals surface area contributed by atoms with Crippen molar-refractivity contribution in [1.82, 2.24) is 5.06 Å². The third-order valence-electron chi connectivity index (χ3n) is 13.5. The summed E-state index contributed by atoms with van der Waals surface area (Å²) in [6.45, 7) is 21.7. The van der Waals surface area contributed by atoms with Gasteiger partial charge in [-0.15, -0.1) is 10.3 Å². The van der Waals surface area contributed by atoms with Gasteiger partial charge in [-0.05, 0) is 141 Å².